The Balaban J connectivity index is 1.69. The molecule has 2 aromatic carbocycles. The number of ether oxygens (including phenoxy) is 1. The second-order valence-electron chi connectivity index (χ2n) is 6.64. The average molecular weight is 379 g/mol. The van der Waals surface area contributed by atoms with Crippen molar-refractivity contribution in [3.8, 4) is 5.75 Å². The van der Waals surface area contributed by atoms with Crippen LogP contribution in [0.1, 0.15) is 17.5 Å². The number of thioether (sulfide) groups is 1. The second-order valence-corrected chi connectivity index (χ2v) is 7.64. The van der Waals surface area contributed by atoms with Crippen molar-refractivity contribution in [3.63, 3.8) is 0 Å². The molecule has 0 aliphatic carbocycles. The van der Waals surface area contributed by atoms with Crippen molar-refractivity contribution in [1.29, 1.82) is 0 Å². The fraction of sp³-hybridized carbons (Fsp3) is 0.238. The number of hydrogen-bond acceptors (Lipinski definition) is 5. The lowest BCUT2D eigenvalue weighted by atomic mass is 10.0. The molecule has 0 aromatic heterocycles. The maximum absolute atomic E-state index is 13.1. The normalized spacial score (nSPS) is 19.3. The topological polar surface area (TPSA) is 45.1 Å². The van der Waals surface area contributed by atoms with E-state index in [1.165, 1.54) is 17.3 Å². The van der Waals surface area contributed by atoms with Gasteiger partial charge in [0.1, 0.15) is 5.75 Å². The van der Waals surface area contributed by atoms with Crippen LogP contribution in [0.25, 0.3) is 6.08 Å². The number of benzene rings is 2. The van der Waals surface area contributed by atoms with Crippen molar-refractivity contribution >= 4 is 34.6 Å². The zero-order valence-corrected chi connectivity index (χ0v) is 16.2. The largest absolute Gasteiger partial charge is 0.493 e. The number of amidine groups is 1. The first-order chi connectivity index (χ1) is 13.1. The summed E-state index contributed by atoms with van der Waals surface area (Å²) in [5.74, 6) is 0.898. The van der Waals surface area contributed by atoms with E-state index < -0.39 is 0 Å². The first kappa shape index (κ1) is 17.7. The number of fused-ring (bicyclic) bond motifs is 1. The predicted molar refractivity (Wildman–Crippen MR) is 111 cm³/mol. The van der Waals surface area contributed by atoms with Gasteiger partial charge in [0.2, 0.25) is 0 Å². The van der Waals surface area contributed by atoms with Crippen molar-refractivity contribution in [2.45, 2.75) is 12.8 Å². The van der Waals surface area contributed by atoms with Crippen molar-refractivity contribution in [3.05, 3.63) is 64.6 Å². The highest BCUT2D eigenvalue weighted by molar-refractivity contribution is 8.19. The summed E-state index contributed by atoms with van der Waals surface area (Å²) in [5.41, 5.74) is 3.03. The lowest BCUT2D eigenvalue weighted by Crippen LogP contribution is -2.30. The molecule has 5 nitrogen and oxygen atoms in total. The van der Waals surface area contributed by atoms with Gasteiger partial charge in [-0.05, 0) is 66.1 Å². The number of hydrogen-bond donors (Lipinski definition) is 0. The van der Waals surface area contributed by atoms with Gasteiger partial charge in [-0.15, -0.1) is 0 Å². The third-order valence-electron chi connectivity index (χ3n) is 4.34. The maximum atomic E-state index is 13.1. The fourth-order valence-electron chi connectivity index (χ4n) is 3.14. The molecule has 1 saturated heterocycles. The van der Waals surface area contributed by atoms with Gasteiger partial charge in [0.25, 0.3) is 5.91 Å². The molecular weight excluding hydrogens is 358 g/mol. The third-order valence-corrected chi connectivity index (χ3v) is 5.30. The Hall–Kier alpha value is -2.73. The molecule has 138 valence electrons. The van der Waals surface area contributed by atoms with Gasteiger partial charge in [0.05, 0.1) is 17.2 Å². The number of aryl methyl sites for hydroxylation is 1. The minimum atomic E-state index is -0.0548. The van der Waals surface area contributed by atoms with Gasteiger partial charge in [-0.25, -0.2) is 0 Å². The van der Waals surface area contributed by atoms with E-state index in [9.17, 15) is 4.79 Å². The van der Waals surface area contributed by atoms with E-state index in [1.54, 1.807) is 9.91 Å². The average Bonchev–Trinajstić information content (AvgIpc) is 2.96. The predicted octanol–water partition coefficient (Wildman–Crippen LogP) is 3.97. The van der Waals surface area contributed by atoms with E-state index in [-0.39, 0.29) is 5.91 Å². The lowest BCUT2D eigenvalue weighted by molar-refractivity contribution is -0.113. The zero-order chi connectivity index (χ0) is 18.8. The summed E-state index contributed by atoms with van der Waals surface area (Å²) < 4.78 is 5.68. The highest BCUT2D eigenvalue weighted by Gasteiger charge is 2.35. The number of anilines is 1. The lowest BCUT2D eigenvalue weighted by Gasteiger charge is -2.17. The molecule has 2 heterocycles. The zero-order valence-electron chi connectivity index (χ0n) is 15.4. The molecule has 0 saturated carbocycles. The Morgan fingerprint density at radius 3 is 2.78 bits per heavy atom. The Kier molecular flexibility index (Phi) is 4.90. The first-order valence-corrected chi connectivity index (χ1v) is 9.74. The smallest absolute Gasteiger partial charge is 0.271 e. The van der Waals surface area contributed by atoms with E-state index >= 15 is 0 Å². The van der Waals surface area contributed by atoms with Gasteiger partial charge in [0, 0.05) is 14.1 Å². The maximum Gasteiger partial charge on any atom is 0.271 e. The van der Waals surface area contributed by atoms with Crippen molar-refractivity contribution in [2.24, 2.45) is 5.10 Å². The van der Waals surface area contributed by atoms with Gasteiger partial charge >= 0.3 is 0 Å². The van der Waals surface area contributed by atoms with E-state index in [2.05, 4.69) is 11.2 Å². The summed E-state index contributed by atoms with van der Waals surface area (Å²) in [6.07, 6.45) is 3.98. The first-order valence-electron chi connectivity index (χ1n) is 8.92. The number of carbonyl (C=O) groups is 1. The molecule has 0 atom stereocenters. The molecule has 1 fully saturated rings. The Labute approximate surface area is 163 Å². The molecule has 4 rings (SSSR count). The van der Waals surface area contributed by atoms with E-state index in [0.717, 1.165) is 36.4 Å². The summed E-state index contributed by atoms with van der Waals surface area (Å²) in [7, 11) is 3.71. The van der Waals surface area contributed by atoms with Crippen LogP contribution >= 0.6 is 11.8 Å². The molecule has 6 heteroatoms. The molecular formula is C21H21N3O2S. The Morgan fingerprint density at radius 1 is 1.19 bits per heavy atom. The number of para-hydroxylation sites is 1. The fourth-order valence-corrected chi connectivity index (χ4v) is 4.19. The van der Waals surface area contributed by atoms with Crippen LogP contribution < -0.4 is 9.64 Å². The number of rotatable bonds is 3. The minimum absolute atomic E-state index is 0.0548. The quantitative estimate of drug-likeness (QED) is 0.598. The van der Waals surface area contributed by atoms with Crippen LogP contribution in [0.4, 0.5) is 5.69 Å². The summed E-state index contributed by atoms with van der Waals surface area (Å²) >= 11 is 1.40. The molecule has 2 aliphatic heterocycles. The monoisotopic (exact) mass is 379 g/mol. The summed E-state index contributed by atoms with van der Waals surface area (Å²) in [5, 5.41) is 6.87. The van der Waals surface area contributed by atoms with Crippen LogP contribution in [0, 0.1) is 0 Å². The molecule has 0 N–H and O–H groups in total. The standard InChI is InChI=1S/C21H21N3O2S/c1-23(2)22-21-24(17-8-4-3-5-9-17)20(25)19(27-21)14-15-10-11-18-16(13-15)7-6-12-26-18/h3-5,8-11,13-14H,6-7,12H2,1-2H3/b19-14-,22-21+. The molecule has 0 radical (unpaired) electrons. The molecule has 0 unspecified atom stereocenters. The summed E-state index contributed by atoms with van der Waals surface area (Å²) in [6, 6.07) is 15.7. The number of carbonyl (C=O) groups excluding carboxylic acids is 1. The van der Waals surface area contributed by atoms with Gasteiger partial charge in [-0.2, -0.15) is 5.10 Å². The van der Waals surface area contributed by atoms with Gasteiger partial charge in [0.15, 0.2) is 5.17 Å². The van der Waals surface area contributed by atoms with Crippen molar-refractivity contribution < 1.29 is 9.53 Å². The molecule has 27 heavy (non-hydrogen) atoms. The number of amides is 1. The number of hydrazone groups is 1. The summed E-state index contributed by atoms with van der Waals surface area (Å²) in [4.78, 5) is 15.4. The van der Waals surface area contributed by atoms with E-state index in [1.807, 2.05) is 62.6 Å². The Morgan fingerprint density at radius 2 is 2.00 bits per heavy atom. The Bertz CT molecular complexity index is 922. The van der Waals surface area contributed by atoms with Gasteiger partial charge < -0.3 is 9.75 Å². The van der Waals surface area contributed by atoms with E-state index in [0.29, 0.717) is 10.1 Å². The molecule has 2 aliphatic rings. The third kappa shape index (κ3) is 3.71. The van der Waals surface area contributed by atoms with Gasteiger partial charge in [-0.1, -0.05) is 24.3 Å². The SMILES string of the molecule is CN(C)/N=C1/S/C(=C\c2ccc3c(c2)CCCO3)C(=O)N1c1ccccc1. The molecule has 2 aromatic rings. The highest BCUT2D eigenvalue weighted by Crippen LogP contribution is 2.36. The summed E-state index contributed by atoms with van der Waals surface area (Å²) in [6.45, 7) is 0.776. The van der Waals surface area contributed by atoms with Crippen LogP contribution in [-0.4, -0.2) is 36.8 Å². The van der Waals surface area contributed by atoms with Crippen LogP contribution in [0.3, 0.4) is 0 Å². The van der Waals surface area contributed by atoms with Crippen LogP contribution in [-0.2, 0) is 11.2 Å². The van der Waals surface area contributed by atoms with Crippen LogP contribution in [0.15, 0.2) is 58.5 Å². The highest BCUT2D eigenvalue weighted by atomic mass is 32.2. The van der Waals surface area contributed by atoms with Gasteiger partial charge in [-0.3, -0.25) is 9.69 Å². The van der Waals surface area contributed by atoms with E-state index in [4.69, 9.17) is 4.74 Å². The number of nitrogens with zero attached hydrogens (tertiary/aromatic N) is 3. The van der Waals surface area contributed by atoms with Crippen molar-refractivity contribution in [2.75, 3.05) is 25.6 Å². The molecule has 1 amide bonds. The second kappa shape index (κ2) is 7.48. The minimum Gasteiger partial charge on any atom is -0.493 e. The van der Waals surface area contributed by atoms with Crippen LogP contribution in [0.2, 0.25) is 0 Å². The van der Waals surface area contributed by atoms with Crippen LogP contribution in [0.5, 0.6) is 5.75 Å². The molecule has 0 spiro atoms. The van der Waals surface area contributed by atoms with Crippen molar-refractivity contribution in [1.82, 2.24) is 5.01 Å². The molecule has 0 bridgehead atoms.